The molecule has 0 aromatic heterocycles. The van der Waals surface area contributed by atoms with E-state index in [2.05, 4.69) is 27.1 Å². The number of benzene rings is 1. The molecule has 0 atom stereocenters. The lowest BCUT2D eigenvalue weighted by atomic mass is 10.0. The van der Waals surface area contributed by atoms with Gasteiger partial charge in [-0.3, -0.25) is 9.69 Å². The molecule has 2 fully saturated rings. The molecular formula is C24H34Cl2N6O. The van der Waals surface area contributed by atoms with Crippen molar-refractivity contribution in [1.82, 2.24) is 20.4 Å². The lowest BCUT2D eigenvalue weighted by molar-refractivity contribution is -0.128. The minimum absolute atomic E-state index is 0.0969. The number of halogens is 2. The summed E-state index contributed by atoms with van der Waals surface area (Å²) in [7, 11) is 0. The van der Waals surface area contributed by atoms with Gasteiger partial charge in [0.15, 0.2) is 0 Å². The first kappa shape index (κ1) is 25.6. The smallest absolute Gasteiger partial charge is 0.272 e. The fourth-order valence-corrected chi connectivity index (χ4v) is 4.67. The number of rotatable bonds is 8. The molecule has 9 heteroatoms. The topological polar surface area (TPSA) is 86.0 Å². The maximum atomic E-state index is 13.3. The number of hydrogen-bond donors (Lipinski definition) is 3. The Morgan fingerprint density at radius 2 is 1.94 bits per heavy atom. The van der Waals surface area contributed by atoms with Crippen LogP contribution in [-0.2, 0) is 11.2 Å². The molecule has 2 aliphatic rings. The van der Waals surface area contributed by atoms with Crippen LogP contribution in [0.5, 0.6) is 0 Å². The minimum Gasteiger partial charge on any atom is -0.390 e. The van der Waals surface area contributed by atoms with Crippen LogP contribution < -0.4 is 16.4 Å². The van der Waals surface area contributed by atoms with Gasteiger partial charge >= 0.3 is 0 Å². The van der Waals surface area contributed by atoms with Gasteiger partial charge in [-0.25, -0.2) is 4.99 Å². The van der Waals surface area contributed by atoms with Crippen LogP contribution in [0.25, 0.3) is 0 Å². The Hall–Kier alpha value is -2.06. The van der Waals surface area contributed by atoms with Crippen LogP contribution >= 0.6 is 23.2 Å². The van der Waals surface area contributed by atoms with Crippen molar-refractivity contribution in [3.05, 3.63) is 57.4 Å². The van der Waals surface area contributed by atoms with Gasteiger partial charge in [0.25, 0.3) is 5.91 Å². The quantitative estimate of drug-likeness (QED) is 0.225. The van der Waals surface area contributed by atoms with Crippen molar-refractivity contribution >= 4 is 35.4 Å². The molecule has 0 aliphatic carbocycles. The molecule has 4 N–H and O–H groups in total. The molecule has 2 heterocycles. The van der Waals surface area contributed by atoms with Crippen molar-refractivity contribution < 1.29 is 4.79 Å². The van der Waals surface area contributed by atoms with Crippen molar-refractivity contribution in [1.29, 1.82) is 0 Å². The number of piperidine rings is 1. The van der Waals surface area contributed by atoms with Gasteiger partial charge < -0.3 is 21.3 Å². The van der Waals surface area contributed by atoms with Crippen LogP contribution in [0.4, 0.5) is 0 Å². The van der Waals surface area contributed by atoms with Gasteiger partial charge in [0.05, 0.1) is 16.4 Å². The number of piperazine rings is 1. The normalized spacial score (nSPS) is 18.9. The summed E-state index contributed by atoms with van der Waals surface area (Å²) in [5, 5.41) is 7.76. The Kier molecular flexibility index (Phi) is 9.62. The van der Waals surface area contributed by atoms with Crippen LogP contribution in [0.15, 0.2) is 46.7 Å². The SMILES string of the molecule is C=C(NCCc1ccc(Cl)c(Cl)c1)/C(C)=C(\N=CN)C(=O)N1CCC(N2CCNCC2)CC1. The number of hydrogen-bond acceptors (Lipinski definition) is 5. The van der Waals surface area contributed by atoms with Gasteiger partial charge in [0.2, 0.25) is 0 Å². The van der Waals surface area contributed by atoms with Crippen LogP contribution in [0.3, 0.4) is 0 Å². The fraction of sp³-hybridized carbons (Fsp3) is 0.500. The fourth-order valence-electron chi connectivity index (χ4n) is 4.35. The molecule has 0 saturated carbocycles. The van der Waals surface area contributed by atoms with Crippen molar-refractivity contribution in [3.63, 3.8) is 0 Å². The molecule has 2 aliphatic heterocycles. The average Bonchev–Trinajstić information content (AvgIpc) is 2.84. The maximum Gasteiger partial charge on any atom is 0.272 e. The van der Waals surface area contributed by atoms with E-state index in [0.29, 0.717) is 39.6 Å². The molecule has 1 aromatic carbocycles. The van der Waals surface area contributed by atoms with E-state index in [-0.39, 0.29) is 5.91 Å². The summed E-state index contributed by atoms with van der Waals surface area (Å²) < 4.78 is 0. The van der Waals surface area contributed by atoms with Gasteiger partial charge in [0, 0.05) is 63.1 Å². The third-order valence-corrected chi connectivity index (χ3v) is 7.11. The molecule has 3 rings (SSSR count). The first-order valence-electron chi connectivity index (χ1n) is 11.5. The predicted octanol–water partition coefficient (Wildman–Crippen LogP) is 2.80. The molecule has 0 spiro atoms. The second kappa shape index (κ2) is 12.4. The summed E-state index contributed by atoms with van der Waals surface area (Å²) in [6.07, 6.45) is 3.87. The van der Waals surface area contributed by atoms with E-state index >= 15 is 0 Å². The summed E-state index contributed by atoms with van der Waals surface area (Å²) in [6, 6.07) is 6.13. The van der Waals surface area contributed by atoms with Gasteiger partial charge in [-0.05, 0) is 43.9 Å². The third-order valence-electron chi connectivity index (χ3n) is 6.37. The molecule has 7 nitrogen and oxygen atoms in total. The van der Waals surface area contributed by atoms with Crippen LogP contribution in [0.2, 0.25) is 10.0 Å². The number of nitrogens with zero attached hydrogens (tertiary/aromatic N) is 3. The number of aliphatic imine (C=N–C) groups is 1. The third kappa shape index (κ3) is 6.96. The lowest BCUT2D eigenvalue weighted by Gasteiger charge is -2.40. The molecule has 0 radical (unpaired) electrons. The highest BCUT2D eigenvalue weighted by Gasteiger charge is 2.29. The summed E-state index contributed by atoms with van der Waals surface area (Å²) in [6.45, 7) is 12.3. The van der Waals surface area contributed by atoms with Crippen LogP contribution in [0, 0.1) is 0 Å². The summed E-state index contributed by atoms with van der Waals surface area (Å²) in [5.74, 6) is -0.0969. The van der Waals surface area contributed by atoms with Crippen molar-refractivity contribution in [2.24, 2.45) is 10.7 Å². The molecule has 1 aromatic rings. The number of carbonyl (C=O) groups excluding carboxylic acids is 1. The van der Waals surface area contributed by atoms with Gasteiger partial charge in [-0.15, -0.1) is 0 Å². The van der Waals surface area contributed by atoms with E-state index in [1.807, 2.05) is 24.0 Å². The first-order chi connectivity index (χ1) is 15.9. The number of allylic oxidation sites excluding steroid dienone is 1. The number of amides is 1. The second-order valence-electron chi connectivity index (χ2n) is 8.46. The second-order valence-corrected chi connectivity index (χ2v) is 9.28. The zero-order valence-electron chi connectivity index (χ0n) is 19.2. The van der Waals surface area contributed by atoms with E-state index in [1.165, 1.54) is 6.34 Å². The average molecular weight is 493 g/mol. The van der Waals surface area contributed by atoms with Crippen molar-refractivity contribution in [3.8, 4) is 0 Å². The van der Waals surface area contributed by atoms with Gasteiger partial charge in [0.1, 0.15) is 5.70 Å². The van der Waals surface area contributed by atoms with Crippen LogP contribution in [-0.4, -0.2) is 73.9 Å². The zero-order valence-corrected chi connectivity index (χ0v) is 20.8. The Bertz CT molecular complexity index is 902. The van der Waals surface area contributed by atoms with E-state index in [0.717, 1.165) is 64.1 Å². The van der Waals surface area contributed by atoms with E-state index < -0.39 is 0 Å². The van der Waals surface area contributed by atoms with Crippen molar-refractivity contribution in [2.45, 2.75) is 32.2 Å². The van der Waals surface area contributed by atoms with Crippen molar-refractivity contribution in [2.75, 3.05) is 45.8 Å². The Morgan fingerprint density at radius 3 is 2.58 bits per heavy atom. The summed E-state index contributed by atoms with van der Waals surface area (Å²) in [5.41, 5.74) is 8.32. The number of nitrogens with one attached hydrogen (secondary N) is 2. The Morgan fingerprint density at radius 1 is 1.24 bits per heavy atom. The minimum atomic E-state index is -0.0969. The number of likely N-dealkylation sites (tertiary alicyclic amines) is 1. The van der Waals surface area contributed by atoms with Gasteiger partial charge in [-0.1, -0.05) is 35.8 Å². The highest BCUT2D eigenvalue weighted by molar-refractivity contribution is 6.42. The highest BCUT2D eigenvalue weighted by Crippen LogP contribution is 2.23. The van der Waals surface area contributed by atoms with E-state index in [9.17, 15) is 4.79 Å². The summed E-state index contributed by atoms with van der Waals surface area (Å²) in [4.78, 5) is 21.9. The number of nitrogens with two attached hydrogens (primary N) is 1. The largest absolute Gasteiger partial charge is 0.390 e. The Balaban J connectivity index is 1.57. The monoisotopic (exact) mass is 492 g/mol. The summed E-state index contributed by atoms with van der Waals surface area (Å²) >= 11 is 12.1. The predicted molar refractivity (Wildman–Crippen MR) is 137 cm³/mol. The maximum absolute atomic E-state index is 13.3. The Labute approximate surface area is 206 Å². The molecule has 2 saturated heterocycles. The first-order valence-corrected chi connectivity index (χ1v) is 12.2. The van der Waals surface area contributed by atoms with E-state index in [1.54, 1.807) is 6.07 Å². The van der Waals surface area contributed by atoms with Gasteiger partial charge in [-0.2, -0.15) is 0 Å². The molecule has 180 valence electrons. The number of carbonyl (C=O) groups is 1. The van der Waals surface area contributed by atoms with Crippen LogP contribution in [0.1, 0.15) is 25.3 Å². The highest BCUT2D eigenvalue weighted by atomic mass is 35.5. The molecular weight excluding hydrogens is 459 g/mol. The molecule has 33 heavy (non-hydrogen) atoms. The standard InChI is InChI=1S/C24H34Cl2N6O/c1-17(18(2)29-8-5-19-3-4-21(25)22(26)15-19)23(30-16-27)24(33)32-11-6-20(7-12-32)31-13-9-28-10-14-31/h3-4,15-16,20,28-29H,2,5-14H2,1H3,(H2,27,30)/b23-17-. The molecule has 0 bridgehead atoms. The lowest BCUT2D eigenvalue weighted by Crippen LogP contribution is -2.52. The molecule has 0 unspecified atom stereocenters. The molecule has 1 amide bonds. The van der Waals surface area contributed by atoms with E-state index in [4.69, 9.17) is 28.9 Å². The zero-order chi connectivity index (χ0) is 23.8.